The van der Waals surface area contributed by atoms with Gasteiger partial charge in [-0.3, -0.25) is 14.9 Å². The van der Waals surface area contributed by atoms with E-state index in [1.165, 1.54) is 12.1 Å². The van der Waals surface area contributed by atoms with E-state index in [0.29, 0.717) is 11.1 Å². The number of nitrogens with one attached hydrogen (secondary N) is 1. The molecule has 0 heterocycles. The van der Waals surface area contributed by atoms with E-state index in [1.54, 1.807) is 13.0 Å². The van der Waals surface area contributed by atoms with Crippen molar-refractivity contribution < 1.29 is 9.72 Å². The highest BCUT2D eigenvalue weighted by Gasteiger charge is 2.14. The Balaban J connectivity index is 2.64. The van der Waals surface area contributed by atoms with E-state index < -0.39 is 4.92 Å². The van der Waals surface area contributed by atoms with Crippen LogP contribution in [0.15, 0.2) is 18.2 Å². The number of nitro groups is 1. The number of aryl methyl sites for hydroxylation is 1. The lowest BCUT2D eigenvalue weighted by atomic mass is 10.1. The van der Waals surface area contributed by atoms with Crippen LogP contribution in [0, 0.1) is 17.0 Å². The number of hydrogen-bond acceptors (Lipinski definition) is 3. The minimum Gasteiger partial charge on any atom is -0.350 e. The predicted molar refractivity (Wildman–Crippen MR) is 78.9 cm³/mol. The first-order chi connectivity index (χ1) is 9.45. The Morgan fingerprint density at radius 1 is 1.40 bits per heavy atom. The molecule has 1 aromatic carbocycles. The summed E-state index contributed by atoms with van der Waals surface area (Å²) in [4.78, 5) is 22.3. The van der Waals surface area contributed by atoms with Gasteiger partial charge >= 0.3 is 0 Å². The number of rotatable bonds is 7. The number of amides is 1. The summed E-state index contributed by atoms with van der Waals surface area (Å²) in [5, 5.41) is 13.7. The molecule has 20 heavy (non-hydrogen) atoms. The molecule has 1 unspecified atom stereocenters. The second-order valence-electron chi connectivity index (χ2n) is 5.13. The molecule has 5 heteroatoms. The number of unbranched alkanes of at least 4 members (excludes halogenated alkanes) is 2. The lowest BCUT2D eigenvalue weighted by Gasteiger charge is -2.13. The molecule has 1 aromatic rings. The average Bonchev–Trinajstić information content (AvgIpc) is 2.38. The number of benzene rings is 1. The van der Waals surface area contributed by atoms with Crippen LogP contribution < -0.4 is 5.32 Å². The summed E-state index contributed by atoms with van der Waals surface area (Å²) >= 11 is 0. The van der Waals surface area contributed by atoms with Crippen molar-refractivity contribution in [1.29, 1.82) is 0 Å². The molecule has 0 bridgehead atoms. The maximum Gasteiger partial charge on any atom is 0.272 e. The zero-order chi connectivity index (χ0) is 15.1. The Bertz CT molecular complexity index is 486. The zero-order valence-corrected chi connectivity index (χ0v) is 12.3. The van der Waals surface area contributed by atoms with Gasteiger partial charge in [0.15, 0.2) is 0 Å². The van der Waals surface area contributed by atoms with Crippen molar-refractivity contribution in [3.8, 4) is 0 Å². The Kier molecular flexibility index (Phi) is 6.15. The monoisotopic (exact) mass is 278 g/mol. The predicted octanol–water partition coefficient (Wildman–Crippen LogP) is 3.60. The number of carbonyl (C=O) groups is 1. The van der Waals surface area contributed by atoms with Crippen LogP contribution in [0.3, 0.4) is 0 Å². The SMILES string of the molecule is CCCCCC(C)NC(=O)c1ccc([N+](=O)[O-])c(C)c1. The lowest BCUT2D eigenvalue weighted by Crippen LogP contribution is -2.32. The van der Waals surface area contributed by atoms with Gasteiger partial charge in [-0.1, -0.05) is 26.2 Å². The van der Waals surface area contributed by atoms with Crippen molar-refractivity contribution in [3.05, 3.63) is 39.4 Å². The summed E-state index contributed by atoms with van der Waals surface area (Å²) in [6, 6.07) is 4.56. The molecule has 0 fully saturated rings. The smallest absolute Gasteiger partial charge is 0.272 e. The Hall–Kier alpha value is -1.91. The quantitative estimate of drug-likeness (QED) is 0.470. The van der Waals surface area contributed by atoms with Gasteiger partial charge in [0.2, 0.25) is 0 Å². The number of hydrogen-bond donors (Lipinski definition) is 1. The molecule has 0 aliphatic rings. The molecule has 110 valence electrons. The Morgan fingerprint density at radius 3 is 2.65 bits per heavy atom. The molecule has 0 aliphatic carbocycles. The van der Waals surface area contributed by atoms with E-state index >= 15 is 0 Å². The third-order valence-electron chi connectivity index (χ3n) is 3.27. The molecule has 0 saturated heterocycles. The van der Waals surface area contributed by atoms with Crippen LogP contribution in [0.25, 0.3) is 0 Å². The van der Waals surface area contributed by atoms with E-state index in [0.717, 1.165) is 25.7 Å². The molecule has 1 N–H and O–H groups in total. The van der Waals surface area contributed by atoms with Crippen LogP contribution in [0.1, 0.15) is 55.5 Å². The third kappa shape index (κ3) is 4.64. The molecule has 1 amide bonds. The van der Waals surface area contributed by atoms with Crippen LogP contribution in [0.5, 0.6) is 0 Å². The fourth-order valence-electron chi connectivity index (χ4n) is 2.08. The van der Waals surface area contributed by atoms with Crippen molar-refractivity contribution >= 4 is 11.6 Å². The van der Waals surface area contributed by atoms with E-state index in [2.05, 4.69) is 12.2 Å². The summed E-state index contributed by atoms with van der Waals surface area (Å²) in [5.74, 6) is -0.174. The first-order valence-corrected chi connectivity index (χ1v) is 7.01. The first kappa shape index (κ1) is 16.1. The average molecular weight is 278 g/mol. The minimum absolute atomic E-state index is 0.0394. The highest BCUT2D eigenvalue weighted by Crippen LogP contribution is 2.18. The molecule has 1 atom stereocenters. The van der Waals surface area contributed by atoms with Gasteiger partial charge in [-0.2, -0.15) is 0 Å². The van der Waals surface area contributed by atoms with Gasteiger partial charge in [0.05, 0.1) is 4.92 Å². The van der Waals surface area contributed by atoms with Crippen LogP contribution in [-0.2, 0) is 0 Å². The molecular formula is C15H22N2O3. The van der Waals surface area contributed by atoms with Gasteiger partial charge in [-0.15, -0.1) is 0 Å². The topological polar surface area (TPSA) is 72.2 Å². The van der Waals surface area contributed by atoms with Gasteiger partial charge in [0.25, 0.3) is 11.6 Å². The van der Waals surface area contributed by atoms with E-state index in [4.69, 9.17) is 0 Å². The molecule has 0 aromatic heterocycles. The van der Waals surface area contributed by atoms with Crippen molar-refractivity contribution in [2.75, 3.05) is 0 Å². The first-order valence-electron chi connectivity index (χ1n) is 7.01. The van der Waals surface area contributed by atoms with Crippen molar-refractivity contribution in [1.82, 2.24) is 5.32 Å². The molecule has 0 radical (unpaired) electrons. The van der Waals surface area contributed by atoms with Gasteiger partial charge < -0.3 is 5.32 Å². The third-order valence-corrected chi connectivity index (χ3v) is 3.27. The van der Waals surface area contributed by atoms with E-state index in [9.17, 15) is 14.9 Å². The second kappa shape index (κ2) is 7.62. The lowest BCUT2D eigenvalue weighted by molar-refractivity contribution is -0.385. The van der Waals surface area contributed by atoms with Crippen LogP contribution in [0.2, 0.25) is 0 Å². The normalized spacial score (nSPS) is 11.9. The maximum absolute atomic E-state index is 12.0. The maximum atomic E-state index is 12.0. The van der Waals surface area contributed by atoms with Gasteiger partial charge in [0.1, 0.15) is 0 Å². The van der Waals surface area contributed by atoms with Crippen LogP contribution in [0.4, 0.5) is 5.69 Å². The fourth-order valence-corrected chi connectivity index (χ4v) is 2.08. The number of carbonyl (C=O) groups excluding carboxylic acids is 1. The number of nitro benzene ring substituents is 1. The standard InChI is InChI=1S/C15H22N2O3/c1-4-5-6-7-12(3)16-15(18)13-8-9-14(17(19)20)11(2)10-13/h8-10,12H,4-7H2,1-3H3,(H,16,18). The van der Waals surface area contributed by atoms with E-state index in [1.807, 2.05) is 6.92 Å². The van der Waals surface area contributed by atoms with Gasteiger partial charge in [-0.25, -0.2) is 0 Å². The summed E-state index contributed by atoms with van der Waals surface area (Å²) in [7, 11) is 0. The molecule has 5 nitrogen and oxygen atoms in total. The van der Waals surface area contributed by atoms with Crippen molar-refractivity contribution in [2.24, 2.45) is 0 Å². The van der Waals surface area contributed by atoms with Gasteiger partial charge in [-0.05, 0) is 32.4 Å². The largest absolute Gasteiger partial charge is 0.350 e. The van der Waals surface area contributed by atoms with Crippen LogP contribution in [-0.4, -0.2) is 16.9 Å². The molecule has 0 spiro atoms. The highest BCUT2D eigenvalue weighted by molar-refractivity contribution is 5.94. The van der Waals surface area contributed by atoms with Crippen LogP contribution >= 0.6 is 0 Å². The molecule has 1 rings (SSSR count). The molecular weight excluding hydrogens is 256 g/mol. The summed E-state index contributed by atoms with van der Waals surface area (Å²) in [6.45, 7) is 5.76. The van der Waals surface area contributed by atoms with E-state index in [-0.39, 0.29) is 17.6 Å². The fraction of sp³-hybridized carbons (Fsp3) is 0.533. The Morgan fingerprint density at radius 2 is 2.10 bits per heavy atom. The van der Waals surface area contributed by atoms with Crippen molar-refractivity contribution in [2.45, 2.75) is 52.5 Å². The minimum atomic E-state index is -0.440. The summed E-state index contributed by atoms with van der Waals surface area (Å²) in [6.07, 6.45) is 4.36. The zero-order valence-electron chi connectivity index (χ0n) is 12.3. The molecule has 0 saturated carbocycles. The highest BCUT2D eigenvalue weighted by atomic mass is 16.6. The number of nitrogens with zero attached hydrogens (tertiary/aromatic N) is 1. The van der Waals surface area contributed by atoms with Crippen molar-refractivity contribution in [3.63, 3.8) is 0 Å². The summed E-state index contributed by atoms with van der Waals surface area (Å²) < 4.78 is 0. The van der Waals surface area contributed by atoms with Gasteiger partial charge in [0, 0.05) is 23.2 Å². The molecule has 0 aliphatic heterocycles. The second-order valence-corrected chi connectivity index (χ2v) is 5.13. The Labute approximate surface area is 119 Å². The summed E-state index contributed by atoms with van der Waals surface area (Å²) in [5.41, 5.74) is 1.01.